The van der Waals surface area contributed by atoms with Crippen LogP contribution in [0.3, 0.4) is 0 Å². The summed E-state index contributed by atoms with van der Waals surface area (Å²) in [6.45, 7) is 2.77. The molecule has 6 nitrogen and oxygen atoms in total. The number of nitrogens with one attached hydrogen (secondary N) is 1. The number of halogens is 3. The number of carbonyl (C=O) groups excluding carboxylic acids is 1. The van der Waals surface area contributed by atoms with Gasteiger partial charge in [0.05, 0.1) is 29.7 Å². The molecule has 2 aromatic rings. The van der Waals surface area contributed by atoms with Crippen molar-refractivity contribution >= 4 is 39.9 Å². The van der Waals surface area contributed by atoms with Crippen molar-refractivity contribution in [2.24, 2.45) is 5.73 Å². The third kappa shape index (κ3) is 5.76. The number of ether oxygens (including phenoxy) is 1. The molecule has 2 rings (SSSR count). The molecule has 5 N–H and O–H groups in total. The van der Waals surface area contributed by atoms with E-state index in [-0.39, 0.29) is 35.7 Å². The summed E-state index contributed by atoms with van der Waals surface area (Å²) in [5.41, 5.74) is 3.91. The molecule has 0 fully saturated rings. The molecule has 1 unspecified atom stereocenters. The monoisotopic (exact) mass is 506 g/mol. The van der Waals surface area contributed by atoms with Gasteiger partial charge in [-0.3, -0.25) is 4.79 Å². The van der Waals surface area contributed by atoms with Crippen LogP contribution in [0.1, 0.15) is 30.6 Å². The fourth-order valence-corrected chi connectivity index (χ4v) is 2.87. The number of carbonyl (C=O) groups is 1. The van der Waals surface area contributed by atoms with Crippen molar-refractivity contribution in [2.45, 2.75) is 32.0 Å². The first kappa shape index (κ1) is 22.3. The molecule has 0 aromatic heterocycles. The molecular formula is C19H21F2IN2O4. The van der Waals surface area contributed by atoms with Gasteiger partial charge in [0.2, 0.25) is 0 Å². The van der Waals surface area contributed by atoms with Crippen molar-refractivity contribution in [1.82, 2.24) is 0 Å². The van der Waals surface area contributed by atoms with E-state index >= 15 is 0 Å². The van der Waals surface area contributed by atoms with Gasteiger partial charge in [-0.25, -0.2) is 8.78 Å². The fraction of sp³-hybridized carbons (Fsp3) is 0.316. The van der Waals surface area contributed by atoms with Gasteiger partial charge in [-0.05, 0) is 60.7 Å². The topological polar surface area (TPSA) is 105 Å². The Morgan fingerprint density at radius 1 is 1.29 bits per heavy atom. The molecule has 0 aliphatic rings. The summed E-state index contributed by atoms with van der Waals surface area (Å²) >= 11 is 1.95. The van der Waals surface area contributed by atoms with Crippen molar-refractivity contribution in [3.8, 4) is 5.75 Å². The van der Waals surface area contributed by atoms with Crippen LogP contribution in [0.2, 0.25) is 0 Å². The second-order valence-electron chi connectivity index (χ2n) is 6.75. The molecule has 0 bridgehead atoms. The Balaban J connectivity index is 2.30. The van der Waals surface area contributed by atoms with Crippen molar-refractivity contribution in [1.29, 1.82) is 0 Å². The third-order valence-corrected chi connectivity index (χ3v) is 4.65. The van der Waals surface area contributed by atoms with Crippen LogP contribution in [0.5, 0.6) is 5.75 Å². The van der Waals surface area contributed by atoms with Crippen LogP contribution in [-0.2, 0) is 0 Å². The van der Waals surface area contributed by atoms with Gasteiger partial charge in [-0.15, -0.1) is 0 Å². The summed E-state index contributed by atoms with van der Waals surface area (Å²) in [7, 11) is 0. The number of aliphatic hydroxyl groups excluding tert-OH is 1. The lowest BCUT2D eigenvalue weighted by Crippen LogP contribution is -2.36. The maximum absolute atomic E-state index is 14.1. The lowest BCUT2D eigenvalue weighted by molar-refractivity contribution is -0.0557. The molecule has 2 aromatic carbocycles. The van der Waals surface area contributed by atoms with Crippen LogP contribution < -0.4 is 15.8 Å². The quantitative estimate of drug-likeness (QED) is 0.412. The van der Waals surface area contributed by atoms with Crippen LogP contribution in [0.4, 0.5) is 20.2 Å². The Morgan fingerprint density at radius 2 is 1.96 bits per heavy atom. The molecule has 152 valence electrons. The van der Waals surface area contributed by atoms with Crippen LogP contribution >= 0.6 is 22.6 Å². The van der Waals surface area contributed by atoms with Crippen LogP contribution in [0.15, 0.2) is 30.3 Å². The predicted molar refractivity (Wildman–Crippen MR) is 110 cm³/mol. The number of amides is 1. The minimum atomic E-state index is -1.34. The maximum Gasteiger partial charge on any atom is 0.254 e. The smallest absolute Gasteiger partial charge is 0.254 e. The van der Waals surface area contributed by atoms with Gasteiger partial charge in [0.25, 0.3) is 5.91 Å². The number of nitrogens with two attached hydrogens (primary N) is 1. The van der Waals surface area contributed by atoms with Gasteiger partial charge in [0.15, 0.2) is 0 Å². The highest BCUT2D eigenvalue weighted by Crippen LogP contribution is 2.32. The van der Waals surface area contributed by atoms with Crippen LogP contribution in [-0.4, -0.2) is 34.4 Å². The van der Waals surface area contributed by atoms with E-state index in [1.165, 1.54) is 26.0 Å². The molecule has 9 heteroatoms. The van der Waals surface area contributed by atoms with Gasteiger partial charge in [0, 0.05) is 16.1 Å². The average Bonchev–Trinajstić information content (AvgIpc) is 2.55. The third-order valence-electron chi connectivity index (χ3n) is 3.98. The largest absolute Gasteiger partial charge is 0.492 e. The summed E-state index contributed by atoms with van der Waals surface area (Å²) in [5.74, 6) is -2.35. The van der Waals surface area contributed by atoms with Gasteiger partial charge in [-0.2, -0.15) is 0 Å². The molecule has 1 atom stereocenters. The molecule has 0 aliphatic heterocycles. The predicted octanol–water partition coefficient (Wildman–Crippen LogP) is 3.31. The van der Waals surface area contributed by atoms with Crippen molar-refractivity contribution in [3.63, 3.8) is 0 Å². The summed E-state index contributed by atoms with van der Waals surface area (Å²) in [6.07, 6.45) is -1.05. The number of aliphatic hydroxyl groups is 2. The Morgan fingerprint density at radius 3 is 2.54 bits per heavy atom. The van der Waals surface area contributed by atoms with E-state index in [2.05, 4.69) is 5.32 Å². The lowest BCUT2D eigenvalue weighted by atomic mass is 10.00. The zero-order chi connectivity index (χ0) is 21.1. The molecule has 28 heavy (non-hydrogen) atoms. The standard InChI is InChI=1S/C19H21F2IN2O4/c1-19(2,27)16(25)5-6-28-15-8-10(20)7-14(17(15)18(23)26)24-13-4-3-11(22)9-12(13)21/h3-4,7-9,16,24-25,27H,5-6H2,1-2H3,(H2,23,26). The maximum atomic E-state index is 14.1. The second kappa shape index (κ2) is 9.01. The van der Waals surface area contributed by atoms with Gasteiger partial charge < -0.3 is 26.0 Å². The highest BCUT2D eigenvalue weighted by Gasteiger charge is 2.25. The normalized spacial score (nSPS) is 12.5. The number of hydrogen-bond acceptors (Lipinski definition) is 5. The molecule has 0 heterocycles. The summed E-state index contributed by atoms with van der Waals surface area (Å²) in [5, 5.41) is 22.3. The average molecular weight is 506 g/mol. The molecule has 0 aliphatic carbocycles. The summed E-state index contributed by atoms with van der Waals surface area (Å²) in [4.78, 5) is 11.9. The first-order chi connectivity index (χ1) is 13.0. The number of rotatable bonds is 8. The van der Waals surface area contributed by atoms with E-state index in [1.54, 1.807) is 6.07 Å². The van der Waals surface area contributed by atoms with E-state index in [1.807, 2.05) is 22.6 Å². The lowest BCUT2D eigenvalue weighted by Gasteiger charge is -2.24. The Hall–Kier alpha value is -1.98. The number of anilines is 2. The zero-order valence-electron chi connectivity index (χ0n) is 15.3. The number of hydrogen-bond donors (Lipinski definition) is 4. The second-order valence-corrected chi connectivity index (χ2v) is 7.99. The van der Waals surface area contributed by atoms with Gasteiger partial charge in [-0.1, -0.05) is 0 Å². The SMILES string of the molecule is CC(C)(O)C(O)CCOc1cc(F)cc(Nc2ccc(I)cc2F)c1C(N)=O. The summed E-state index contributed by atoms with van der Waals surface area (Å²) < 4.78 is 34.3. The minimum absolute atomic E-state index is 0.0345. The minimum Gasteiger partial charge on any atom is -0.492 e. The van der Waals surface area contributed by atoms with Crippen molar-refractivity contribution in [3.05, 3.63) is 51.1 Å². The van der Waals surface area contributed by atoms with Crippen LogP contribution in [0, 0.1) is 15.2 Å². The molecule has 1 amide bonds. The van der Waals surface area contributed by atoms with Crippen molar-refractivity contribution < 1.29 is 28.5 Å². The Kier molecular flexibility index (Phi) is 7.18. The fourth-order valence-electron chi connectivity index (χ4n) is 2.42. The molecule has 0 saturated heterocycles. The van der Waals surface area contributed by atoms with Gasteiger partial charge in [0.1, 0.15) is 22.9 Å². The first-order valence-corrected chi connectivity index (χ1v) is 9.45. The Labute approximate surface area is 174 Å². The van der Waals surface area contributed by atoms with E-state index in [0.717, 1.165) is 12.1 Å². The molecule has 0 saturated carbocycles. The van der Waals surface area contributed by atoms with E-state index in [9.17, 15) is 23.8 Å². The van der Waals surface area contributed by atoms with Crippen molar-refractivity contribution in [2.75, 3.05) is 11.9 Å². The summed E-state index contributed by atoms with van der Waals surface area (Å²) in [6, 6.07) is 6.36. The van der Waals surface area contributed by atoms with E-state index < -0.39 is 29.2 Å². The van der Waals surface area contributed by atoms with Gasteiger partial charge >= 0.3 is 0 Å². The molecule has 0 spiro atoms. The van der Waals surface area contributed by atoms with E-state index in [4.69, 9.17) is 10.5 Å². The van der Waals surface area contributed by atoms with Crippen LogP contribution in [0.25, 0.3) is 0 Å². The first-order valence-electron chi connectivity index (χ1n) is 8.37. The highest BCUT2D eigenvalue weighted by atomic mass is 127. The Bertz CT molecular complexity index is 872. The van der Waals surface area contributed by atoms with E-state index in [0.29, 0.717) is 3.57 Å². The molecule has 0 radical (unpaired) electrons. The number of benzene rings is 2. The molecular weight excluding hydrogens is 485 g/mol. The number of primary amides is 1. The zero-order valence-corrected chi connectivity index (χ0v) is 17.5. The highest BCUT2D eigenvalue weighted by molar-refractivity contribution is 14.1.